The molecule has 0 aliphatic heterocycles. The Bertz CT molecular complexity index is 461. The van der Waals surface area contributed by atoms with Crippen LogP contribution >= 0.6 is 0 Å². The van der Waals surface area contributed by atoms with E-state index >= 15 is 0 Å². The second-order valence-corrected chi connectivity index (χ2v) is 4.87. The molecule has 1 fully saturated rings. The van der Waals surface area contributed by atoms with Gasteiger partial charge in [-0.2, -0.15) is 0 Å². The predicted octanol–water partition coefficient (Wildman–Crippen LogP) is 1.59. The van der Waals surface area contributed by atoms with Gasteiger partial charge in [0.15, 0.2) is 6.10 Å². The third-order valence-corrected chi connectivity index (χ3v) is 2.92. The van der Waals surface area contributed by atoms with Gasteiger partial charge in [0.05, 0.1) is 0 Å². The van der Waals surface area contributed by atoms with E-state index in [4.69, 9.17) is 4.74 Å². The molecule has 2 rings (SSSR count). The van der Waals surface area contributed by atoms with Gasteiger partial charge in [-0.15, -0.1) is 0 Å². The predicted molar refractivity (Wildman–Crippen MR) is 70.4 cm³/mol. The quantitative estimate of drug-likeness (QED) is 0.822. The van der Waals surface area contributed by atoms with Gasteiger partial charge in [-0.25, -0.2) is 4.39 Å². The highest BCUT2D eigenvalue weighted by atomic mass is 19.1. The number of carbonyl (C=O) groups excluding carboxylic acids is 1. The number of ether oxygens (including phenoxy) is 1. The van der Waals surface area contributed by atoms with Gasteiger partial charge in [0.25, 0.3) is 5.91 Å². The highest BCUT2D eigenvalue weighted by molar-refractivity contribution is 5.81. The van der Waals surface area contributed by atoms with Crippen LogP contribution in [0, 0.1) is 5.82 Å². The zero-order valence-electron chi connectivity index (χ0n) is 11.2. The van der Waals surface area contributed by atoms with E-state index in [1.165, 1.54) is 12.1 Å². The maximum Gasteiger partial charge on any atom is 0.260 e. The second-order valence-electron chi connectivity index (χ2n) is 4.87. The van der Waals surface area contributed by atoms with E-state index in [1.807, 2.05) is 0 Å². The van der Waals surface area contributed by atoms with Crippen molar-refractivity contribution >= 4 is 5.91 Å². The first-order valence-electron chi connectivity index (χ1n) is 6.49. The summed E-state index contributed by atoms with van der Waals surface area (Å²) in [5, 5.41) is 5.81. The molecule has 5 heteroatoms. The molecular weight excluding hydrogens is 247 g/mol. The second kappa shape index (κ2) is 6.02. The molecule has 1 aromatic carbocycles. The summed E-state index contributed by atoms with van der Waals surface area (Å²) in [4.78, 5) is 11.8. The summed E-state index contributed by atoms with van der Waals surface area (Å²) < 4.78 is 18.9. The van der Waals surface area contributed by atoms with Crippen molar-refractivity contribution in [3.05, 3.63) is 29.6 Å². The van der Waals surface area contributed by atoms with E-state index in [1.54, 1.807) is 20.0 Å². The molecule has 0 bridgehead atoms. The highest BCUT2D eigenvalue weighted by Gasteiger charge is 2.26. The van der Waals surface area contributed by atoms with Crippen LogP contribution in [0.2, 0.25) is 0 Å². The molecule has 1 atom stereocenters. The van der Waals surface area contributed by atoms with Crippen molar-refractivity contribution in [1.82, 2.24) is 10.6 Å². The van der Waals surface area contributed by atoms with Crippen molar-refractivity contribution in [2.45, 2.75) is 38.5 Å². The molecule has 1 unspecified atom stereocenters. The van der Waals surface area contributed by atoms with Gasteiger partial charge in [-0.1, -0.05) is 0 Å². The molecule has 1 aromatic rings. The zero-order valence-corrected chi connectivity index (χ0v) is 11.2. The van der Waals surface area contributed by atoms with Gasteiger partial charge in [0, 0.05) is 18.7 Å². The third-order valence-electron chi connectivity index (χ3n) is 2.92. The topological polar surface area (TPSA) is 50.4 Å². The van der Waals surface area contributed by atoms with Crippen molar-refractivity contribution in [2.75, 3.05) is 7.05 Å². The average Bonchev–Trinajstić information content (AvgIpc) is 3.12. The molecule has 1 saturated carbocycles. The molecule has 19 heavy (non-hydrogen) atoms. The number of benzene rings is 1. The van der Waals surface area contributed by atoms with Crippen LogP contribution in [0.25, 0.3) is 0 Å². The standard InChI is InChI=1S/C14H19FN2O2/c1-9(14(18)17-12-3-4-12)19-13-6-10(8-16-2)5-11(15)7-13/h5-7,9,12,16H,3-4,8H2,1-2H3,(H,17,18). The molecule has 104 valence electrons. The normalized spacial score (nSPS) is 15.9. The molecule has 2 N–H and O–H groups in total. The fraction of sp³-hybridized carbons (Fsp3) is 0.500. The summed E-state index contributed by atoms with van der Waals surface area (Å²) in [6, 6.07) is 4.77. The highest BCUT2D eigenvalue weighted by Crippen LogP contribution is 2.20. The van der Waals surface area contributed by atoms with Gasteiger partial charge < -0.3 is 15.4 Å². The van der Waals surface area contributed by atoms with Gasteiger partial charge in [-0.3, -0.25) is 4.79 Å². The summed E-state index contributed by atoms with van der Waals surface area (Å²) in [6.07, 6.45) is 1.44. The SMILES string of the molecule is CNCc1cc(F)cc(OC(C)C(=O)NC2CC2)c1. The molecule has 4 nitrogen and oxygen atoms in total. The lowest BCUT2D eigenvalue weighted by atomic mass is 10.2. The smallest absolute Gasteiger partial charge is 0.260 e. The number of hydrogen-bond donors (Lipinski definition) is 2. The van der Waals surface area contributed by atoms with Crippen LogP contribution < -0.4 is 15.4 Å². The van der Waals surface area contributed by atoms with E-state index in [-0.39, 0.29) is 11.7 Å². The minimum absolute atomic E-state index is 0.151. The Kier molecular flexibility index (Phi) is 4.37. The van der Waals surface area contributed by atoms with Crippen LogP contribution in [-0.2, 0) is 11.3 Å². The molecule has 1 amide bonds. The lowest BCUT2D eigenvalue weighted by Gasteiger charge is -2.15. The monoisotopic (exact) mass is 266 g/mol. The molecule has 1 aliphatic carbocycles. The molecule has 0 spiro atoms. The number of nitrogens with one attached hydrogen (secondary N) is 2. The van der Waals surface area contributed by atoms with Crippen LogP contribution in [0.3, 0.4) is 0 Å². The summed E-state index contributed by atoms with van der Waals surface area (Å²) >= 11 is 0. The summed E-state index contributed by atoms with van der Waals surface area (Å²) in [6.45, 7) is 2.22. The number of carbonyl (C=O) groups is 1. The van der Waals surface area contributed by atoms with Crippen molar-refractivity contribution in [3.8, 4) is 5.75 Å². The van der Waals surface area contributed by atoms with E-state index < -0.39 is 6.10 Å². The van der Waals surface area contributed by atoms with Gasteiger partial charge in [-0.05, 0) is 44.5 Å². The number of rotatable bonds is 6. The summed E-state index contributed by atoms with van der Waals surface area (Å²) in [7, 11) is 1.79. The molecule has 0 saturated heterocycles. The largest absolute Gasteiger partial charge is 0.481 e. The maximum atomic E-state index is 13.4. The average molecular weight is 266 g/mol. The minimum Gasteiger partial charge on any atom is -0.481 e. The summed E-state index contributed by atoms with van der Waals surface area (Å²) in [5.74, 6) is -0.136. The van der Waals surface area contributed by atoms with Crippen molar-refractivity contribution in [2.24, 2.45) is 0 Å². The van der Waals surface area contributed by atoms with Crippen LogP contribution in [-0.4, -0.2) is 25.1 Å². The van der Waals surface area contributed by atoms with Crippen LogP contribution in [0.1, 0.15) is 25.3 Å². The Labute approximate surface area is 112 Å². The molecule has 0 aromatic heterocycles. The number of halogens is 1. The Balaban J connectivity index is 1.98. The number of hydrogen-bond acceptors (Lipinski definition) is 3. The Morgan fingerprint density at radius 3 is 2.84 bits per heavy atom. The first-order chi connectivity index (χ1) is 9.08. The maximum absolute atomic E-state index is 13.4. The lowest BCUT2D eigenvalue weighted by molar-refractivity contribution is -0.127. The molecular formula is C14H19FN2O2. The first kappa shape index (κ1) is 13.8. The molecule has 0 radical (unpaired) electrons. The Morgan fingerprint density at radius 2 is 2.21 bits per heavy atom. The first-order valence-corrected chi connectivity index (χ1v) is 6.49. The van der Waals surface area contributed by atoms with Crippen molar-refractivity contribution in [1.29, 1.82) is 0 Å². The zero-order chi connectivity index (χ0) is 13.8. The van der Waals surface area contributed by atoms with Gasteiger partial charge >= 0.3 is 0 Å². The fourth-order valence-corrected chi connectivity index (χ4v) is 1.80. The Morgan fingerprint density at radius 1 is 1.47 bits per heavy atom. The number of amides is 1. The lowest BCUT2D eigenvalue weighted by Crippen LogP contribution is -2.37. The van der Waals surface area contributed by atoms with E-state index in [0.717, 1.165) is 18.4 Å². The van der Waals surface area contributed by atoms with Crippen LogP contribution in [0.15, 0.2) is 18.2 Å². The summed E-state index contributed by atoms with van der Waals surface area (Å²) in [5.41, 5.74) is 0.785. The van der Waals surface area contributed by atoms with Crippen LogP contribution in [0.4, 0.5) is 4.39 Å². The van der Waals surface area contributed by atoms with Crippen molar-refractivity contribution in [3.63, 3.8) is 0 Å². The molecule has 0 heterocycles. The van der Waals surface area contributed by atoms with E-state index in [2.05, 4.69) is 10.6 Å². The van der Waals surface area contributed by atoms with Crippen LogP contribution in [0.5, 0.6) is 5.75 Å². The molecule has 1 aliphatic rings. The van der Waals surface area contributed by atoms with Crippen molar-refractivity contribution < 1.29 is 13.9 Å². The van der Waals surface area contributed by atoms with Gasteiger partial charge in [0.2, 0.25) is 0 Å². The van der Waals surface area contributed by atoms with Gasteiger partial charge in [0.1, 0.15) is 11.6 Å². The third kappa shape index (κ3) is 4.21. The van der Waals surface area contributed by atoms with E-state index in [0.29, 0.717) is 18.3 Å². The van der Waals surface area contributed by atoms with E-state index in [9.17, 15) is 9.18 Å². The minimum atomic E-state index is -0.621. The Hall–Kier alpha value is -1.62. The fourth-order valence-electron chi connectivity index (χ4n) is 1.80.